The quantitative estimate of drug-likeness (QED) is 0.184. The van der Waals surface area contributed by atoms with Gasteiger partial charge in [0.1, 0.15) is 5.75 Å². The van der Waals surface area contributed by atoms with Gasteiger partial charge in [-0.05, 0) is 18.9 Å². The van der Waals surface area contributed by atoms with Crippen molar-refractivity contribution in [3.05, 3.63) is 34.4 Å². The fourth-order valence-electron chi connectivity index (χ4n) is 2.18. The Balaban J connectivity index is 2.16. The van der Waals surface area contributed by atoms with E-state index in [-0.39, 0.29) is 30.2 Å². The number of unbranched alkanes of at least 4 members (excludes halogenated alkanes) is 4. The number of esters is 2. The molecular formula is C18H25NO6. The third-order valence-corrected chi connectivity index (χ3v) is 3.53. The third-order valence-electron chi connectivity index (χ3n) is 3.53. The van der Waals surface area contributed by atoms with E-state index in [9.17, 15) is 19.7 Å². The summed E-state index contributed by atoms with van der Waals surface area (Å²) in [4.78, 5) is 33.3. The molecule has 0 bridgehead atoms. The first-order chi connectivity index (χ1) is 12.0. The number of benzene rings is 1. The molecule has 0 atom stereocenters. The van der Waals surface area contributed by atoms with Crippen LogP contribution < -0.4 is 4.74 Å². The summed E-state index contributed by atoms with van der Waals surface area (Å²) < 4.78 is 10.1. The van der Waals surface area contributed by atoms with Gasteiger partial charge in [0.15, 0.2) is 0 Å². The lowest BCUT2D eigenvalue weighted by Gasteiger charge is -2.05. The van der Waals surface area contributed by atoms with Crippen molar-refractivity contribution in [3.63, 3.8) is 0 Å². The molecule has 0 unspecified atom stereocenters. The smallest absolute Gasteiger partial charge is 0.311 e. The zero-order valence-electron chi connectivity index (χ0n) is 14.6. The summed E-state index contributed by atoms with van der Waals surface area (Å²) in [6.45, 7) is 2.56. The maximum Gasteiger partial charge on any atom is 0.311 e. The number of nitro groups is 1. The first-order valence-electron chi connectivity index (χ1n) is 8.63. The Hall–Kier alpha value is -2.44. The van der Waals surface area contributed by atoms with Crippen LogP contribution in [-0.4, -0.2) is 23.5 Å². The molecule has 0 radical (unpaired) electrons. The van der Waals surface area contributed by atoms with E-state index in [0.717, 1.165) is 19.3 Å². The van der Waals surface area contributed by atoms with Gasteiger partial charge in [0, 0.05) is 18.9 Å². The van der Waals surface area contributed by atoms with Crippen molar-refractivity contribution in [1.82, 2.24) is 0 Å². The molecule has 0 aliphatic heterocycles. The molecule has 0 N–H and O–H groups in total. The standard InChI is InChI=1S/C18H25NO6/c1-2-3-4-5-6-13-24-17(20)11-8-12-18(21)25-16-10-7-9-15(14-16)19(22)23/h7,9-10,14H,2-6,8,11-13H2,1H3. The number of nitrogens with zero attached hydrogens (tertiary/aromatic N) is 1. The van der Waals surface area contributed by atoms with E-state index in [2.05, 4.69) is 6.92 Å². The molecule has 0 fully saturated rings. The fourth-order valence-corrected chi connectivity index (χ4v) is 2.18. The first-order valence-corrected chi connectivity index (χ1v) is 8.63. The molecule has 0 heterocycles. The molecule has 1 aromatic carbocycles. The monoisotopic (exact) mass is 351 g/mol. The topological polar surface area (TPSA) is 95.7 Å². The molecule has 1 rings (SSSR count). The number of non-ortho nitro benzene ring substituents is 1. The van der Waals surface area contributed by atoms with Gasteiger partial charge < -0.3 is 9.47 Å². The van der Waals surface area contributed by atoms with E-state index < -0.39 is 10.9 Å². The Morgan fingerprint density at radius 2 is 1.76 bits per heavy atom. The minimum absolute atomic E-state index is 0.0499. The van der Waals surface area contributed by atoms with Gasteiger partial charge >= 0.3 is 11.9 Å². The average Bonchev–Trinajstić information content (AvgIpc) is 2.58. The molecule has 25 heavy (non-hydrogen) atoms. The molecule has 7 nitrogen and oxygen atoms in total. The summed E-state index contributed by atoms with van der Waals surface area (Å²) in [6.07, 6.45) is 5.96. The van der Waals surface area contributed by atoms with Crippen molar-refractivity contribution in [1.29, 1.82) is 0 Å². The Morgan fingerprint density at radius 3 is 2.48 bits per heavy atom. The zero-order valence-corrected chi connectivity index (χ0v) is 14.6. The van der Waals surface area contributed by atoms with Gasteiger partial charge in [0.25, 0.3) is 5.69 Å². The van der Waals surface area contributed by atoms with Crippen LogP contribution in [0.5, 0.6) is 5.75 Å². The highest BCUT2D eigenvalue weighted by Gasteiger charge is 2.11. The predicted octanol–water partition coefficient (Wildman–Crippen LogP) is 4.18. The lowest BCUT2D eigenvalue weighted by molar-refractivity contribution is -0.384. The Kier molecular flexibility index (Phi) is 9.89. The fraction of sp³-hybridized carbons (Fsp3) is 0.556. The lowest BCUT2D eigenvalue weighted by atomic mass is 10.2. The van der Waals surface area contributed by atoms with Gasteiger partial charge in [0.05, 0.1) is 17.6 Å². The minimum atomic E-state index is -0.560. The van der Waals surface area contributed by atoms with Gasteiger partial charge in [-0.15, -0.1) is 0 Å². The van der Waals surface area contributed by atoms with Gasteiger partial charge in [-0.3, -0.25) is 19.7 Å². The molecule has 0 amide bonds. The number of nitro benzene ring substituents is 1. The SMILES string of the molecule is CCCCCCCOC(=O)CCCC(=O)Oc1cccc([N+](=O)[O-])c1. The highest BCUT2D eigenvalue weighted by molar-refractivity contribution is 5.74. The number of hydrogen-bond acceptors (Lipinski definition) is 6. The normalized spacial score (nSPS) is 10.3. The molecule has 0 aromatic heterocycles. The van der Waals surface area contributed by atoms with Gasteiger partial charge in [-0.25, -0.2) is 0 Å². The van der Waals surface area contributed by atoms with Crippen molar-refractivity contribution < 1.29 is 24.0 Å². The molecule has 1 aromatic rings. The van der Waals surface area contributed by atoms with E-state index in [1.54, 1.807) is 0 Å². The predicted molar refractivity (Wildman–Crippen MR) is 92.3 cm³/mol. The number of rotatable bonds is 12. The van der Waals surface area contributed by atoms with Crippen molar-refractivity contribution in [3.8, 4) is 5.75 Å². The van der Waals surface area contributed by atoms with Crippen LogP contribution in [0.25, 0.3) is 0 Å². The van der Waals surface area contributed by atoms with Crippen molar-refractivity contribution >= 4 is 17.6 Å². The van der Waals surface area contributed by atoms with Crippen LogP contribution in [0.15, 0.2) is 24.3 Å². The zero-order chi connectivity index (χ0) is 18.5. The molecule has 138 valence electrons. The molecule has 7 heteroatoms. The minimum Gasteiger partial charge on any atom is -0.466 e. The lowest BCUT2D eigenvalue weighted by Crippen LogP contribution is -2.10. The molecule has 0 saturated carbocycles. The van der Waals surface area contributed by atoms with Gasteiger partial charge in [-0.2, -0.15) is 0 Å². The van der Waals surface area contributed by atoms with Gasteiger partial charge in [0.2, 0.25) is 0 Å². The van der Waals surface area contributed by atoms with Crippen LogP contribution in [0.4, 0.5) is 5.69 Å². The van der Waals surface area contributed by atoms with Crippen LogP contribution in [-0.2, 0) is 14.3 Å². The molecule has 0 aliphatic carbocycles. The Morgan fingerprint density at radius 1 is 1.04 bits per heavy atom. The molecular weight excluding hydrogens is 326 g/mol. The molecule has 0 saturated heterocycles. The second-order valence-corrected chi connectivity index (χ2v) is 5.72. The maximum atomic E-state index is 11.7. The van der Waals surface area contributed by atoms with Crippen LogP contribution in [0.1, 0.15) is 58.3 Å². The maximum absolute atomic E-state index is 11.7. The van der Waals surface area contributed by atoms with Gasteiger partial charge in [-0.1, -0.05) is 38.7 Å². The second-order valence-electron chi connectivity index (χ2n) is 5.72. The first kappa shape index (κ1) is 20.6. The van der Waals surface area contributed by atoms with E-state index >= 15 is 0 Å². The Labute approximate surface area is 147 Å². The van der Waals surface area contributed by atoms with Crippen LogP contribution >= 0.6 is 0 Å². The summed E-state index contributed by atoms with van der Waals surface area (Å²) >= 11 is 0. The summed E-state index contributed by atoms with van der Waals surface area (Å²) in [6, 6.07) is 5.41. The number of carbonyl (C=O) groups excluding carboxylic acids is 2. The number of carbonyl (C=O) groups is 2. The average molecular weight is 351 g/mol. The highest BCUT2D eigenvalue weighted by atomic mass is 16.6. The largest absolute Gasteiger partial charge is 0.466 e. The van der Waals surface area contributed by atoms with Crippen LogP contribution in [0.3, 0.4) is 0 Å². The van der Waals surface area contributed by atoms with Crippen molar-refractivity contribution in [2.24, 2.45) is 0 Å². The van der Waals surface area contributed by atoms with Crippen LogP contribution in [0, 0.1) is 10.1 Å². The summed E-state index contributed by atoms with van der Waals surface area (Å²) in [5.41, 5.74) is -0.146. The van der Waals surface area contributed by atoms with E-state index in [1.165, 1.54) is 37.1 Å². The summed E-state index contributed by atoms with van der Waals surface area (Å²) in [5, 5.41) is 10.7. The molecule has 0 spiro atoms. The van der Waals surface area contributed by atoms with E-state index in [4.69, 9.17) is 9.47 Å². The van der Waals surface area contributed by atoms with E-state index in [1.807, 2.05) is 0 Å². The molecule has 0 aliphatic rings. The van der Waals surface area contributed by atoms with E-state index in [0.29, 0.717) is 13.0 Å². The summed E-state index contributed by atoms with van der Waals surface area (Å²) in [7, 11) is 0. The van der Waals surface area contributed by atoms with Crippen molar-refractivity contribution in [2.45, 2.75) is 58.3 Å². The second kappa shape index (κ2) is 12.0. The van der Waals surface area contributed by atoms with Crippen LogP contribution in [0.2, 0.25) is 0 Å². The number of hydrogen-bond donors (Lipinski definition) is 0. The Bertz CT molecular complexity index is 572. The number of ether oxygens (including phenoxy) is 2. The highest BCUT2D eigenvalue weighted by Crippen LogP contribution is 2.19. The third kappa shape index (κ3) is 9.44. The summed E-state index contributed by atoms with van der Waals surface area (Å²) in [5.74, 6) is -0.736. The van der Waals surface area contributed by atoms with Crippen molar-refractivity contribution in [2.75, 3.05) is 6.61 Å².